The molecule has 0 saturated carbocycles. The number of sulfonamides is 1. The fourth-order valence-corrected chi connectivity index (χ4v) is 2.43. The van der Waals surface area contributed by atoms with Crippen LogP contribution in [0.2, 0.25) is 0 Å². The summed E-state index contributed by atoms with van der Waals surface area (Å²) in [4.78, 5) is 3.66. The van der Waals surface area contributed by atoms with Gasteiger partial charge in [-0.3, -0.25) is 0 Å². The predicted molar refractivity (Wildman–Crippen MR) is 61.7 cm³/mol. The van der Waals surface area contributed by atoms with Crippen LogP contribution >= 0.6 is 11.5 Å². The molecule has 0 aliphatic carbocycles. The second-order valence-electron chi connectivity index (χ2n) is 3.50. The lowest BCUT2D eigenvalue weighted by Crippen LogP contribution is -2.11. The van der Waals surface area contributed by atoms with Crippen molar-refractivity contribution in [2.75, 3.05) is 0 Å². The average molecular weight is 309 g/mol. The Hall–Kier alpha value is -1.52. The van der Waals surface area contributed by atoms with E-state index in [4.69, 9.17) is 5.14 Å². The molecule has 1 aromatic carbocycles. The minimum Gasteiger partial charge on any atom is -0.223 e. The van der Waals surface area contributed by atoms with Gasteiger partial charge in [0.1, 0.15) is 0 Å². The highest BCUT2D eigenvalue weighted by atomic mass is 32.2. The zero-order valence-corrected chi connectivity index (χ0v) is 10.7. The largest absolute Gasteiger partial charge is 0.416 e. The van der Waals surface area contributed by atoms with Crippen molar-refractivity contribution in [2.45, 2.75) is 10.5 Å². The van der Waals surface area contributed by atoms with E-state index in [1.165, 1.54) is 0 Å². The van der Waals surface area contributed by atoms with Crippen molar-refractivity contribution in [3.8, 4) is 11.4 Å². The molecule has 0 radical (unpaired) electrons. The molecule has 2 N–H and O–H groups in total. The van der Waals surface area contributed by atoms with Gasteiger partial charge >= 0.3 is 6.18 Å². The van der Waals surface area contributed by atoms with E-state index in [0.717, 1.165) is 24.3 Å². The summed E-state index contributed by atoms with van der Waals surface area (Å²) in [5.41, 5.74) is -0.530. The highest BCUT2D eigenvalue weighted by Crippen LogP contribution is 2.30. The van der Waals surface area contributed by atoms with Gasteiger partial charge in [0.2, 0.25) is 4.34 Å². The predicted octanol–water partition coefficient (Wildman–Crippen LogP) is 1.87. The second kappa shape index (κ2) is 4.54. The van der Waals surface area contributed by atoms with Gasteiger partial charge in [-0.15, -0.1) is 0 Å². The number of hydrogen-bond donors (Lipinski definition) is 1. The third kappa shape index (κ3) is 3.08. The van der Waals surface area contributed by atoms with Gasteiger partial charge in [0.05, 0.1) is 5.56 Å². The first-order chi connectivity index (χ1) is 8.68. The van der Waals surface area contributed by atoms with Crippen molar-refractivity contribution in [3.63, 3.8) is 0 Å². The molecule has 2 aromatic rings. The quantitative estimate of drug-likeness (QED) is 0.917. The highest BCUT2D eigenvalue weighted by molar-refractivity contribution is 7.91. The smallest absolute Gasteiger partial charge is 0.223 e. The summed E-state index contributed by atoms with van der Waals surface area (Å²) in [6.07, 6.45) is -4.43. The fourth-order valence-electron chi connectivity index (χ4n) is 1.25. The summed E-state index contributed by atoms with van der Waals surface area (Å²) in [6, 6.07) is 4.07. The molecule has 1 aromatic heterocycles. The van der Waals surface area contributed by atoms with Gasteiger partial charge in [0.15, 0.2) is 5.82 Å². The van der Waals surface area contributed by atoms with Crippen LogP contribution in [0.25, 0.3) is 11.4 Å². The van der Waals surface area contributed by atoms with Crippen molar-refractivity contribution >= 4 is 21.6 Å². The summed E-state index contributed by atoms with van der Waals surface area (Å²) in [5.74, 6) is 0.0164. The van der Waals surface area contributed by atoms with Crippen LogP contribution in [0.1, 0.15) is 5.56 Å². The minimum atomic E-state index is -4.43. The first-order valence-corrected chi connectivity index (χ1v) is 7.04. The maximum absolute atomic E-state index is 12.4. The number of primary sulfonamides is 1. The topological polar surface area (TPSA) is 85.9 Å². The molecule has 2 rings (SSSR count). The Kier molecular flexibility index (Phi) is 3.32. The number of nitrogens with zero attached hydrogens (tertiary/aromatic N) is 2. The number of halogens is 3. The maximum atomic E-state index is 12.4. The zero-order valence-electron chi connectivity index (χ0n) is 9.05. The molecule has 0 unspecified atom stereocenters. The Morgan fingerprint density at radius 3 is 2.16 bits per heavy atom. The van der Waals surface area contributed by atoms with Crippen LogP contribution in [0.15, 0.2) is 28.6 Å². The SMILES string of the molecule is NS(=O)(=O)c1nc(-c2ccc(C(F)(F)F)cc2)ns1. The zero-order chi connectivity index (χ0) is 14.3. The normalized spacial score (nSPS) is 12.6. The Balaban J connectivity index is 2.36. The first kappa shape index (κ1) is 13.9. The molecule has 0 spiro atoms. The molecule has 0 atom stereocenters. The van der Waals surface area contributed by atoms with E-state index >= 15 is 0 Å². The van der Waals surface area contributed by atoms with Crippen molar-refractivity contribution < 1.29 is 21.6 Å². The third-order valence-electron chi connectivity index (χ3n) is 2.12. The number of hydrogen-bond acceptors (Lipinski definition) is 5. The van der Waals surface area contributed by atoms with Gasteiger partial charge in [0.25, 0.3) is 10.0 Å². The minimum absolute atomic E-state index is 0.0164. The van der Waals surface area contributed by atoms with Crippen LogP contribution in [-0.4, -0.2) is 17.8 Å². The lowest BCUT2D eigenvalue weighted by Gasteiger charge is -2.05. The maximum Gasteiger partial charge on any atom is 0.416 e. The number of nitrogens with two attached hydrogens (primary N) is 1. The standard InChI is InChI=1S/C9H6F3N3O2S2/c10-9(11,12)6-3-1-5(2-4-6)7-14-8(18-15-7)19(13,16)17/h1-4H,(H2,13,16,17). The number of benzene rings is 1. The Morgan fingerprint density at radius 2 is 1.74 bits per heavy atom. The molecule has 0 aliphatic heterocycles. The Labute approximate surface area is 110 Å². The molecule has 0 saturated heterocycles. The second-order valence-corrected chi connectivity index (χ2v) is 5.99. The van der Waals surface area contributed by atoms with E-state index in [1.807, 2.05) is 0 Å². The van der Waals surface area contributed by atoms with Crippen molar-refractivity contribution in [3.05, 3.63) is 29.8 Å². The van der Waals surface area contributed by atoms with E-state index in [0.29, 0.717) is 11.5 Å². The van der Waals surface area contributed by atoms with E-state index in [-0.39, 0.29) is 15.7 Å². The third-order valence-corrected chi connectivity index (χ3v) is 4.13. The van der Waals surface area contributed by atoms with Crippen molar-refractivity contribution in [2.24, 2.45) is 5.14 Å². The lowest BCUT2D eigenvalue weighted by atomic mass is 10.1. The van der Waals surface area contributed by atoms with Crippen LogP contribution in [0.3, 0.4) is 0 Å². The summed E-state index contributed by atoms with van der Waals surface area (Å²) < 4.78 is 62.4. The lowest BCUT2D eigenvalue weighted by molar-refractivity contribution is -0.137. The van der Waals surface area contributed by atoms with E-state index in [9.17, 15) is 21.6 Å². The molecule has 0 aliphatic rings. The Morgan fingerprint density at radius 1 is 1.16 bits per heavy atom. The van der Waals surface area contributed by atoms with Crippen molar-refractivity contribution in [1.29, 1.82) is 0 Å². The fraction of sp³-hybridized carbons (Fsp3) is 0.111. The van der Waals surface area contributed by atoms with Gasteiger partial charge in [-0.2, -0.15) is 17.5 Å². The molecule has 0 amide bonds. The van der Waals surface area contributed by atoms with Gasteiger partial charge in [-0.05, 0) is 23.7 Å². The Bertz CT molecular complexity index is 692. The molecule has 1 heterocycles. The molecular weight excluding hydrogens is 303 g/mol. The average Bonchev–Trinajstić information content (AvgIpc) is 2.77. The van der Waals surface area contributed by atoms with Gasteiger partial charge in [-0.1, -0.05) is 12.1 Å². The number of aromatic nitrogens is 2. The molecule has 19 heavy (non-hydrogen) atoms. The molecule has 0 fully saturated rings. The van der Waals surface area contributed by atoms with Gasteiger partial charge in [0, 0.05) is 5.56 Å². The molecule has 102 valence electrons. The first-order valence-electron chi connectivity index (χ1n) is 4.72. The summed E-state index contributed by atoms with van der Waals surface area (Å²) in [6.45, 7) is 0. The van der Waals surface area contributed by atoms with E-state index < -0.39 is 21.8 Å². The van der Waals surface area contributed by atoms with E-state index in [1.54, 1.807) is 0 Å². The molecule has 0 bridgehead atoms. The van der Waals surface area contributed by atoms with Crippen LogP contribution in [0, 0.1) is 0 Å². The summed E-state index contributed by atoms with van der Waals surface area (Å²) in [5, 5.41) is 4.86. The summed E-state index contributed by atoms with van der Waals surface area (Å²) in [7, 11) is -3.96. The van der Waals surface area contributed by atoms with Crippen LogP contribution in [-0.2, 0) is 16.2 Å². The van der Waals surface area contributed by atoms with Gasteiger partial charge < -0.3 is 0 Å². The van der Waals surface area contributed by atoms with Crippen molar-refractivity contribution in [1.82, 2.24) is 9.36 Å². The number of rotatable bonds is 2. The molecular formula is C9H6F3N3O2S2. The monoisotopic (exact) mass is 309 g/mol. The number of alkyl halides is 3. The van der Waals surface area contributed by atoms with Crippen LogP contribution in [0.4, 0.5) is 13.2 Å². The van der Waals surface area contributed by atoms with Crippen LogP contribution < -0.4 is 5.14 Å². The molecule has 5 nitrogen and oxygen atoms in total. The highest BCUT2D eigenvalue weighted by Gasteiger charge is 2.30. The van der Waals surface area contributed by atoms with E-state index in [2.05, 4.69) is 9.36 Å². The van der Waals surface area contributed by atoms with Gasteiger partial charge in [-0.25, -0.2) is 18.5 Å². The molecule has 10 heteroatoms. The summed E-state index contributed by atoms with van der Waals surface area (Å²) >= 11 is 0.565. The van der Waals surface area contributed by atoms with Crippen LogP contribution in [0.5, 0.6) is 0 Å².